The molecule has 8 heteroatoms. The van der Waals surface area contributed by atoms with Crippen LogP contribution in [0.4, 0.5) is 0 Å². The molecule has 3 aromatic heterocycles. The maximum Gasteiger partial charge on any atom is 0.287 e. The summed E-state index contributed by atoms with van der Waals surface area (Å²) in [6.45, 7) is 1.03. The van der Waals surface area contributed by atoms with E-state index in [2.05, 4.69) is 32.4 Å². The van der Waals surface area contributed by atoms with Crippen molar-refractivity contribution in [3.05, 3.63) is 90.5 Å². The Labute approximate surface area is 178 Å². The smallest absolute Gasteiger partial charge is 0.287 e. The van der Waals surface area contributed by atoms with Crippen molar-refractivity contribution in [2.75, 3.05) is 13.1 Å². The Morgan fingerprint density at radius 2 is 2.00 bits per heavy atom. The zero-order valence-electron chi connectivity index (χ0n) is 16.8. The normalized spacial score (nSPS) is 18.8. The van der Waals surface area contributed by atoms with Crippen molar-refractivity contribution in [3.8, 4) is 0 Å². The van der Waals surface area contributed by atoms with Crippen LogP contribution >= 0.6 is 0 Å². The predicted octanol–water partition coefficient (Wildman–Crippen LogP) is 2.49. The van der Waals surface area contributed by atoms with Crippen molar-refractivity contribution in [2.45, 2.75) is 18.4 Å². The number of hydrogen-bond donors (Lipinski definition) is 2. The van der Waals surface area contributed by atoms with Crippen LogP contribution in [0.3, 0.4) is 0 Å². The van der Waals surface area contributed by atoms with Gasteiger partial charge in [0.05, 0.1) is 29.6 Å². The van der Waals surface area contributed by atoms with Gasteiger partial charge in [-0.15, -0.1) is 0 Å². The number of benzene rings is 1. The third kappa shape index (κ3) is 3.68. The number of rotatable bonds is 4. The van der Waals surface area contributed by atoms with Gasteiger partial charge in [0.25, 0.3) is 11.8 Å². The summed E-state index contributed by atoms with van der Waals surface area (Å²) in [7, 11) is 0. The van der Waals surface area contributed by atoms with E-state index < -0.39 is 0 Å². The molecule has 1 aromatic carbocycles. The molecule has 31 heavy (non-hydrogen) atoms. The highest BCUT2D eigenvalue weighted by Crippen LogP contribution is 2.29. The highest BCUT2D eigenvalue weighted by atomic mass is 16.2. The molecule has 4 heterocycles. The molecule has 2 amide bonds. The fourth-order valence-electron chi connectivity index (χ4n) is 4.31. The van der Waals surface area contributed by atoms with Crippen LogP contribution in [0.25, 0.3) is 5.52 Å². The first-order chi connectivity index (χ1) is 15.2. The lowest BCUT2D eigenvalue weighted by Crippen LogP contribution is -2.53. The average molecular weight is 414 g/mol. The molecule has 4 aromatic rings. The summed E-state index contributed by atoms with van der Waals surface area (Å²) in [5.41, 5.74) is 2.53. The van der Waals surface area contributed by atoms with Crippen molar-refractivity contribution < 1.29 is 9.59 Å². The second-order valence-corrected chi connectivity index (χ2v) is 7.68. The van der Waals surface area contributed by atoms with E-state index in [-0.39, 0.29) is 29.6 Å². The Kier molecular flexibility index (Phi) is 4.95. The molecule has 156 valence electrons. The minimum Gasteiger partial charge on any atom is -0.344 e. The van der Waals surface area contributed by atoms with E-state index in [1.54, 1.807) is 24.9 Å². The van der Waals surface area contributed by atoms with Crippen molar-refractivity contribution in [1.82, 2.24) is 29.6 Å². The number of aromatic nitrogens is 4. The van der Waals surface area contributed by atoms with Gasteiger partial charge >= 0.3 is 0 Å². The van der Waals surface area contributed by atoms with E-state index in [0.29, 0.717) is 18.7 Å². The summed E-state index contributed by atoms with van der Waals surface area (Å²) in [6.07, 6.45) is 9.16. The van der Waals surface area contributed by atoms with Crippen molar-refractivity contribution in [2.24, 2.45) is 0 Å². The van der Waals surface area contributed by atoms with E-state index >= 15 is 0 Å². The Morgan fingerprint density at radius 3 is 2.81 bits per heavy atom. The first kappa shape index (κ1) is 19.0. The summed E-state index contributed by atoms with van der Waals surface area (Å²) >= 11 is 0. The summed E-state index contributed by atoms with van der Waals surface area (Å²) in [5.74, 6) is 0.0344. The molecule has 5 rings (SSSR count). The molecule has 0 spiro atoms. The second kappa shape index (κ2) is 8.06. The SMILES string of the molecule is O=C(N[C@@H]1CN(C(=O)c2cccn3cncc23)CC[C@H]1c1ccccc1)c1ncc[nH]1. The molecule has 0 radical (unpaired) electrons. The molecule has 0 unspecified atom stereocenters. The van der Waals surface area contributed by atoms with Crippen molar-refractivity contribution in [1.29, 1.82) is 0 Å². The number of fused-ring (bicyclic) bond motifs is 1. The molecule has 0 bridgehead atoms. The molecule has 1 aliphatic heterocycles. The quantitative estimate of drug-likeness (QED) is 0.536. The van der Waals surface area contributed by atoms with E-state index in [1.165, 1.54) is 0 Å². The van der Waals surface area contributed by atoms with Gasteiger partial charge in [0.2, 0.25) is 0 Å². The van der Waals surface area contributed by atoms with Crippen molar-refractivity contribution >= 4 is 17.3 Å². The molecule has 1 fully saturated rings. The second-order valence-electron chi connectivity index (χ2n) is 7.68. The summed E-state index contributed by atoms with van der Waals surface area (Å²) in [6, 6.07) is 13.5. The lowest BCUT2D eigenvalue weighted by atomic mass is 9.85. The van der Waals surface area contributed by atoms with Crippen LogP contribution in [-0.2, 0) is 0 Å². The van der Waals surface area contributed by atoms with Crippen LogP contribution < -0.4 is 5.32 Å². The Balaban J connectivity index is 1.42. The molecule has 0 saturated carbocycles. The lowest BCUT2D eigenvalue weighted by molar-refractivity contribution is 0.0655. The molecule has 2 atom stereocenters. The maximum atomic E-state index is 13.4. The van der Waals surface area contributed by atoms with Gasteiger partial charge in [-0.2, -0.15) is 0 Å². The number of carbonyl (C=O) groups is 2. The maximum absolute atomic E-state index is 13.4. The summed E-state index contributed by atoms with van der Waals surface area (Å²) in [4.78, 5) is 38.9. The number of H-pyrrole nitrogens is 1. The molecular formula is C23H22N6O2. The third-order valence-electron chi connectivity index (χ3n) is 5.84. The standard InChI is InChI=1S/C23H22N6O2/c30-22(21-25-9-10-26-21)27-19-14-28(12-8-17(19)16-5-2-1-3-6-16)23(31)18-7-4-11-29-15-24-13-20(18)29/h1-7,9-11,13,15,17,19H,8,12,14H2,(H,25,26)(H,27,30)/t17-,19+/m0/s1. The van der Waals surface area contributed by atoms with Crippen LogP contribution in [0.5, 0.6) is 0 Å². The van der Waals surface area contributed by atoms with Gasteiger partial charge in [-0.25, -0.2) is 9.97 Å². The van der Waals surface area contributed by atoms with E-state index in [9.17, 15) is 9.59 Å². The predicted molar refractivity (Wildman–Crippen MR) is 115 cm³/mol. The third-order valence-corrected chi connectivity index (χ3v) is 5.84. The minimum absolute atomic E-state index is 0.0603. The number of imidazole rings is 2. The topological polar surface area (TPSA) is 95.4 Å². The first-order valence-electron chi connectivity index (χ1n) is 10.3. The number of piperidine rings is 1. The zero-order chi connectivity index (χ0) is 21.2. The number of likely N-dealkylation sites (tertiary alicyclic amines) is 1. The highest BCUT2D eigenvalue weighted by molar-refractivity contribution is 6.00. The summed E-state index contributed by atoms with van der Waals surface area (Å²) < 4.78 is 1.83. The van der Waals surface area contributed by atoms with Gasteiger partial charge in [-0.3, -0.25) is 9.59 Å². The Bertz CT molecular complexity index is 1200. The Hall–Kier alpha value is -3.94. The molecule has 8 nitrogen and oxygen atoms in total. The average Bonchev–Trinajstić information content (AvgIpc) is 3.51. The number of pyridine rings is 1. The fourth-order valence-corrected chi connectivity index (χ4v) is 4.31. The monoisotopic (exact) mass is 414 g/mol. The van der Waals surface area contributed by atoms with Gasteiger partial charge in [0.15, 0.2) is 5.82 Å². The Morgan fingerprint density at radius 1 is 1.13 bits per heavy atom. The number of aromatic amines is 1. The summed E-state index contributed by atoms with van der Waals surface area (Å²) in [5, 5.41) is 3.09. The zero-order valence-corrected chi connectivity index (χ0v) is 16.8. The van der Waals surface area contributed by atoms with Crippen LogP contribution in [0.15, 0.2) is 73.6 Å². The van der Waals surface area contributed by atoms with Crippen LogP contribution in [0, 0.1) is 0 Å². The lowest BCUT2D eigenvalue weighted by Gasteiger charge is -2.39. The van der Waals surface area contributed by atoms with Gasteiger partial charge in [0.1, 0.15) is 0 Å². The van der Waals surface area contributed by atoms with Gasteiger partial charge in [0, 0.05) is 37.6 Å². The molecular weight excluding hydrogens is 392 g/mol. The van der Waals surface area contributed by atoms with Crippen molar-refractivity contribution in [3.63, 3.8) is 0 Å². The van der Waals surface area contributed by atoms with Gasteiger partial charge in [-0.05, 0) is 24.1 Å². The fraction of sp³-hybridized carbons (Fsp3) is 0.217. The van der Waals surface area contributed by atoms with Crippen LogP contribution in [-0.4, -0.2) is 55.2 Å². The number of carbonyl (C=O) groups excluding carboxylic acids is 2. The highest BCUT2D eigenvalue weighted by Gasteiger charge is 2.34. The molecule has 2 N–H and O–H groups in total. The minimum atomic E-state index is -0.275. The van der Waals surface area contributed by atoms with E-state index in [4.69, 9.17) is 0 Å². The number of amides is 2. The van der Waals surface area contributed by atoms with Crippen LogP contribution in [0.2, 0.25) is 0 Å². The van der Waals surface area contributed by atoms with Gasteiger partial charge in [-0.1, -0.05) is 30.3 Å². The van der Waals surface area contributed by atoms with Gasteiger partial charge < -0.3 is 19.6 Å². The largest absolute Gasteiger partial charge is 0.344 e. The molecule has 1 saturated heterocycles. The van der Waals surface area contributed by atoms with Crippen LogP contribution in [0.1, 0.15) is 38.9 Å². The van der Waals surface area contributed by atoms with E-state index in [1.807, 2.05) is 45.8 Å². The number of hydrogen-bond acceptors (Lipinski definition) is 4. The molecule has 0 aliphatic carbocycles. The van der Waals surface area contributed by atoms with E-state index in [0.717, 1.165) is 17.5 Å². The first-order valence-corrected chi connectivity index (χ1v) is 10.3. The molecule has 1 aliphatic rings. The number of nitrogens with zero attached hydrogens (tertiary/aromatic N) is 4. The number of nitrogens with one attached hydrogen (secondary N) is 2.